The second kappa shape index (κ2) is 10.1. The molecule has 1 aromatic heterocycles. The van der Waals surface area contributed by atoms with E-state index in [-0.39, 0.29) is 16.0 Å². The number of hydrogen-bond acceptors (Lipinski definition) is 5. The van der Waals surface area contributed by atoms with Crippen LogP contribution in [0.1, 0.15) is 31.0 Å². The Bertz CT molecular complexity index is 1910. The summed E-state index contributed by atoms with van der Waals surface area (Å²) in [6, 6.07) is 19.3. The summed E-state index contributed by atoms with van der Waals surface area (Å²) in [7, 11) is 0. The third kappa shape index (κ3) is 4.24. The van der Waals surface area contributed by atoms with Gasteiger partial charge in [-0.25, -0.2) is 9.38 Å². The van der Waals surface area contributed by atoms with E-state index in [1.54, 1.807) is 48.2 Å². The van der Waals surface area contributed by atoms with Gasteiger partial charge in [-0.3, -0.25) is 19.0 Å². The molecule has 0 bridgehead atoms. The molecule has 1 atom stereocenters. The molecule has 3 aromatic carbocycles. The number of amides is 2. The Morgan fingerprint density at radius 1 is 1.07 bits per heavy atom. The predicted molar refractivity (Wildman–Crippen MR) is 156 cm³/mol. The second-order valence-electron chi connectivity index (χ2n) is 9.36. The van der Waals surface area contributed by atoms with E-state index in [0.29, 0.717) is 39.4 Å². The molecule has 3 heterocycles. The molecule has 0 unspecified atom stereocenters. The first-order valence-electron chi connectivity index (χ1n) is 12.6. The highest BCUT2D eigenvalue weighted by Gasteiger charge is 2.36. The van der Waals surface area contributed by atoms with Crippen LogP contribution in [0.15, 0.2) is 98.3 Å². The highest BCUT2D eigenvalue weighted by atomic mass is 79.9. The minimum absolute atomic E-state index is 0.240. The van der Waals surface area contributed by atoms with Gasteiger partial charge in [-0.1, -0.05) is 57.6 Å². The third-order valence-corrected chi connectivity index (χ3v) is 8.53. The highest BCUT2D eigenvalue weighted by molar-refractivity contribution is 9.10. The monoisotopic (exact) mass is 616 g/mol. The van der Waals surface area contributed by atoms with Crippen LogP contribution in [0.25, 0.3) is 5.57 Å². The normalized spacial score (nSPS) is 17.4. The number of carbonyl (C=O) groups excluding carboxylic acids is 2. The molecule has 40 heavy (non-hydrogen) atoms. The van der Waals surface area contributed by atoms with Crippen molar-refractivity contribution in [2.75, 3.05) is 16.8 Å². The molecule has 1 N–H and O–H groups in total. The molecule has 2 aliphatic heterocycles. The number of anilines is 2. The van der Waals surface area contributed by atoms with Crippen LogP contribution in [-0.2, 0) is 9.59 Å². The third-order valence-electron chi connectivity index (χ3n) is 6.98. The number of rotatable bonds is 4. The minimum Gasteiger partial charge on any atom is -0.322 e. The van der Waals surface area contributed by atoms with E-state index in [4.69, 9.17) is 0 Å². The van der Waals surface area contributed by atoms with Crippen LogP contribution in [0.2, 0.25) is 0 Å². The maximum atomic E-state index is 14.2. The molecule has 0 radical (unpaired) electrons. The van der Waals surface area contributed by atoms with Crippen molar-refractivity contribution in [1.29, 1.82) is 0 Å². The summed E-state index contributed by atoms with van der Waals surface area (Å²) in [5.74, 6) is -1.13. The molecule has 2 aliphatic rings. The molecule has 0 saturated heterocycles. The number of aromatic nitrogens is 1. The number of para-hydroxylation sites is 1. The lowest BCUT2D eigenvalue weighted by molar-refractivity contribution is -0.114. The summed E-state index contributed by atoms with van der Waals surface area (Å²) in [6.45, 7) is 4.03. The number of fused-ring (bicyclic) bond motifs is 2. The molecule has 0 fully saturated rings. The lowest BCUT2D eigenvalue weighted by Gasteiger charge is -2.25. The lowest BCUT2D eigenvalue weighted by Crippen LogP contribution is -2.41. The summed E-state index contributed by atoms with van der Waals surface area (Å²) >= 11 is 4.60. The number of halogens is 2. The van der Waals surface area contributed by atoms with Crippen molar-refractivity contribution < 1.29 is 14.0 Å². The van der Waals surface area contributed by atoms with Crippen LogP contribution in [0.5, 0.6) is 0 Å². The summed E-state index contributed by atoms with van der Waals surface area (Å²) in [6.07, 6.45) is 0. The van der Waals surface area contributed by atoms with Gasteiger partial charge in [-0.05, 0) is 61.9 Å². The first-order chi connectivity index (χ1) is 19.3. The number of nitrogens with zero attached hydrogens (tertiary/aromatic N) is 3. The zero-order valence-corrected chi connectivity index (χ0v) is 23.8. The molecular formula is C30H22BrFN4O3S. The SMILES string of the molecule is CCN1C(=O)/C(=c2/sc3n(c2=O)[C@@H](c2ccc(F)cc2)C(C(=O)Nc2ccccc2)=C(C)N=3)c2cc(Br)ccc21. The van der Waals surface area contributed by atoms with Crippen molar-refractivity contribution in [2.24, 2.45) is 4.99 Å². The van der Waals surface area contributed by atoms with Gasteiger partial charge in [-0.2, -0.15) is 0 Å². The summed E-state index contributed by atoms with van der Waals surface area (Å²) in [4.78, 5) is 48.1. The van der Waals surface area contributed by atoms with E-state index in [1.165, 1.54) is 16.7 Å². The molecule has 6 rings (SSSR count). The van der Waals surface area contributed by atoms with Gasteiger partial charge in [0, 0.05) is 22.3 Å². The van der Waals surface area contributed by atoms with E-state index in [9.17, 15) is 18.8 Å². The molecule has 200 valence electrons. The van der Waals surface area contributed by atoms with Crippen molar-refractivity contribution in [1.82, 2.24) is 4.57 Å². The summed E-state index contributed by atoms with van der Waals surface area (Å²) in [5.41, 5.74) is 3.06. The van der Waals surface area contributed by atoms with Gasteiger partial charge in [-0.15, -0.1) is 0 Å². The Morgan fingerprint density at radius 3 is 2.50 bits per heavy atom. The first kappa shape index (κ1) is 26.1. The van der Waals surface area contributed by atoms with Crippen molar-refractivity contribution in [3.63, 3.8) is 0 Å². The van der Waals surface area contributed by atoms with Crippen LogP contribution in [0, 0.1) is 5.82 Å². The number of hydrogen-bond donors (Lipinski definition) is 1. The van der Waals surface area contributed by atoms with E-state index < -0.39 is 23.3 Å². The molecule has 0 spiro atoms. The van der Waals surface area contributed by atoms with Crippen LogP contribution in [0.4, 0.5) is 15.8 Å². The lowest BCUT2D eigenvalue weighted by atomic mass is 9.95. The predicted octanol–water partition coefficient (Wildman–Crippen LogP) is 4.51. The zero-order valence-electron chi connectivity index (χ0n) is 21.4. The largest absolute Gasteiger partial charge is 0.322 e. The molecule has 4 aromatic rings. The van der Waals surface area contributed by atoms with E-state index >= 15 is 0 Å². The molecule has 0 aliphatic carbocycles. The van der Waals surface area contributed by atoms with Crippen LogP contribution in [-0.4, -0.2) is 22.9 Å². The molecule has 7 nitrogen and oxygen atoms in total. The average Bonchev–Trinajstić information content (AvgIpc) is 3.40. The fourth-order valence-corrected chi connectivity index (χ4v) is 6.68. The molecule has 0 saturated carbocycles. The van der Waals surface area contributed by atoms with Gasteiger partial charge in [0.25, 0.3) is 17.4 Å². The number of carbonyl (C=O) groups is 2. The Labute approximate surface area is 240 Å². The molecule has 10 heteroatoms. The Balaban J connectivity index is 1.60. The zero-order chi connectivity index (χ0) is 28.1. The van der Waals surface area contributed by atoms with Crippen molar-refractivity contribution in [3.05, 3.63) is 125 Å². The van der Waals surface area contributed by atoms with Gasteiger partial charge < -0.3 is 10.2 Å². The standard InChI is InChI=1S/C30H22BrFN4O3S/c1-3-35-22-14-11-18(31)15-21(22)24(28(35)38)26-29(39)36-25(17-9-12-19(32)13-10-17)23(16(2)33-30(36)40-26)27(37)34-20-7-5-4-6-8-20/h4-15,25H,3H2,1-2H3,(H,34,37)/b26-24+/t25-/m0/s1. The Morgan fingerprint density at radius 2 is 1.80 bits per heavy atom. The number of benzene rings is 3. The maximum Gasteiger partial charge on any atom is 0.271 e. The first-order valence-corrected chi connectivity index (χ1v) is 14.2. The van der Waals surface area contributed by atoms with Gasteiger partial charge in [0.2, 0.25) is 0 Å². The van der Waals surface area contributed by atoms with Crippen LogP contribution < -0.4 is 25.1 Å². The summed E-state index contributed by atoms with van der Waals surface area (Å²) < 4.78 is 16.4. The fourth-order valence-electron chi connectivity index (χ4n) is 5.18. The molecular weight excluding hydrogens is 595 g/mol. The van der Waals surface area contributed by atoms with Crippen LogP contribution >= 0.6 is 27.3 Å². The Hall–Kier alpha value is -4.15. The van der Waals surface area contributed by atoms with Gasteiger partial charge in [0.15, 0.2) is 4.80 Å². The van der Waals surface area contributed by atoms with E-state index in [2.05, 4.69) is 26.2 Å². The highest BCUT2D eigenvalue weighted by Crippen LogP contribution is 2.37. The number of thiazole rings is 1. The number of nitrogens with one attached hydrogen (secondary N) is 1. The second-order valence-corrected chi connectivity index (χ2v) is 11.3. The van der Waals surface area contributed by atoms with Crippen molar-refractivity contribution in [3.8, 4) is 0 Å². The van der Waals surface area contributed by atoms with E-state index in [0.717, 1.165) is 21.5 Å². The van der Waals surface area contributed by atoms with Gasteiger partial charge >= 0.3 is 0 Å². The van der Waals surface area contributed by atoms with Crippen molar-refractivity contribution in [2.45, 2.75) is 19.9 Å². The topological polar surface area (TPSA) is 83.8 Å². The maximum absolute atomic E-state index is 14.2. The smallest absolute Gasteiger partial charge is 0.271 e. The quantitative estimate of drug-likeness (QED) is 0.366. The van der Waals surface area contributed by atoms with Gasteiger partial charge in [0.1, 0.15) is 10.3 Å². The van der Waals surface area contributed by atoms with Crippen molar-refractivity contribution >= 4 is 56.0 Å². The van der Waals surface area contributed by atoms with E-state index in [1.807, 2.05) is 31.2 Å². The summed E-state index contributed by atoms with van der Waals surface area (Å²) in [5, 5.41) is 2.89. The average molecular weight is 618 g/mol. The van der Waals surface area contributed by atoms with Crippen LogP contribution in [0.3, 0.4) is 0 Å². The minimum atomic E-state index is -0.879. The molecule has 2 amide bonds. The van der Waals surface area contributed by atoms with Gasteiger partial charge in [0.05, 0.1) is 28.6 Å². The Kier molecular flexibility index (Phi) is 6.59. The number of allylic oxidation sites excluding steroid dienone is 1. The number of likely N-dealkylation sites (N-methyl/N-ethyl adjacent to an activating group) is 1. The fraction of sp³-hybridized carbons (Fsp3) is 0.133.